The molecular weight excluding hydrogens is 573 g/mol. The number of epoxide rings is 1. The molecule has 8 rings (SSSR count). The highest BCUT2D eigenvalue weighted by molar-refractivity contribution is 6.40. The first-order valence-corrected chi connectivity index (χ1v) is 16.9. The summed E-state index contributed by atoms with van der Waals surface area (Å²) >= 11 is 0. The lowest BCUT2D eigenvalue weighted by molar-refractivity contribution is 0.0677. The fourth-order valence-electron chi connectivity index (χ4n) is 7.23. The number of carbonyl (C=O) groups is 1. The number of rotatable bonds is 6. The van der Waals surface area contributed by atoms with Crippen molar-refractivity contribution >= 4 is 32.4 Å². The largest absolute Gasteiger partial charge is 0.371 e. The SMILES string of the molecule is C[C@@H]1c2ccccc2CCN1C(=O)c1cc(N2CCCC2)c2nc(-c3ccc(N4CCC([Si]C5OC5O)C4)cc3F)cn2c1. The molecule has 2 aromatic carbocycles. The van der Waals surface area contributed by atoms with Gasteiger partial charge in [0.15, 0.2) is 11.9 Å². The number of carbonyl (C=O) groups excluding carboxylic acids is 1. The minimum absolute atomic E-state index is 0.00687. The van der Waals surface area contributed by atoms with E-state index in [1.54, 1.807) is 6.07 Å². The van der Waals surface area contributed by atoms with Crippen LogP contribution in [0.25, 0.3) is 16.9 Å². The molecule has 44 heavy (non-hydrogen) atoms. The second-order valence-corrected chi connectivity index (χ2v) is 14.2. The van der Waals surface area contributed by atoms with E-state index >= 15 is 4.39 Å². The summed E-state index contributed by atoms with van der Waals surface area (Å²) in [5.74, 6) is -0.301. The molecule has 0 bridgehead atoms. The van der Waals surface area contributed by atoms with Crippen LogP contribution in [0.15, 0.2) is 60.9 Å². The molecule has 4 aromatic rings. The highest BCUT2D eigenvalue weighted by atomic mass is 28.2. The molecule has 6 heterocycles. The molecule has 0 spiro atoms. The Kier molecular flexibility index (Phi) is 6.95. The van der Waals surface area contributed by atoms with Crippen LogP contribution in [0.1, 0.15) is 53.7 Å². The maximum atomic E-state index is 15.7. The van der Waals surface area contributed by atoms with Crippen molar-refractivity contribution in [1.29, 1.82) is 0 Å². The molecular formula is C34H36FN5O3Si. The number of aliphatic hydroxyl groups excluding tert-OH is 1. The summed E-state index contributed by atoms with van der Waals surface area (Å²) in [6.45, 7) is 6.31. The van der Waals surface area contributed by atoms with E-state index in [1.807, 2.05) is 46.0 Å². The van der Waals surface area contributed by atoms with E-state index in [2.05, 4.69) is 34.9 Å². The van der Waals surface area contributed by atoms with Crippen LogP contribution in [0.5, 0.6) is 0 Å². The van der Waals surface area contributed by atoms with Crippen LogP contribution in [0.3, 0.4) is 0 Å². The molecule has 3 saturated heterocycles. The lowest BCUT2D eigenvalue weighted by Gasteiger charge is -2.35. The Bertz CT molecular complexity index is 1740. The quantitative estimate of drug-likeness (QED) is 0.248. The number of imidazole rings is 1. The average Bonchev–Trinajstić information content (AvgIpc) is 3.52. The number of fused-ring (bicyclic) bond motifs is 2. The highest BCUT2D eigenvalue weighted by Gasteiger charge is 2.40. The molecule has 4 aliphatic rings. The van der Waals surface area contributed by atoms with Crippen molar-refractivity contribution in [3.05, 3.63) is 83.4 Å². The van der Waals surface area contributed by atoms with Gasteiger partial charge in [-0.1, -0.05) is 24.3 Å². The zero-order valence-corrected chi connectivity index (χ0v) is 25.8. The minimum atomic E-state index is -0.601. The van der Waals surface area contributed by atoms with Crippen molar-refractivity contribution in [2.24, 2.45) is 0 Å². The van der Waals surface area contributed by atoms with E-state index in [-0.39, 0.29) is 23.5 Å². The molecule has 3 fully saturated rings. The first-order chi connectivity index (χ1) is 21.4. The minimum Gasteiger partial charge on any atom is -0.371 e. The lowest BCUT2D eigenvalue weighted by Crippen LogP contribution is -2.39. The van der Waals surface area contributed by atoms with Gasteiger partial charge in [-0.15, -0.1) is 0 Å². The number of nitrogens with zero attached hydrogens (tertiary/aromatic N) is 5. The summed E-state index contributed by atoms with van der Waals surface area (Å²) in [5.41, 5.74) is 7.12. The predicted molar refractivity (Wildman–Crippen MR) is 169 cm³/mol. The Hall–Kier alpha value is -3.73. The fraction of sp³-hybridized carbons (Fsp3) is 0.412. The van der Waals surface area contributed by atoms with Crippen molar-refractivity contribution in [3.8, 4) is 11.3 Å². The van der Waals surface area contributed by atoms with Crippen LogP contribution in [-0.4, -0.2) is 79.6 Å². The Morgan fingerprint density at radius 3 is 2.66 bits per heavy atom. The van der Waals surface area contributed by atoms with Crippen molar-refractivity contribution in [1.82, 2.24) is 14.3 Å². The van der Waals surface area contributed by atoms with Gasteiger partial charge >= 0.3 is 0 Å². The summed E-state index contributed by atoms with van der Waals surface area (Å²) < 4.78 is 22.8. The van der Waals surface area contributed by atoms with Crippen molar-refractivity contribution in [3.63, 3.8) is 0 Å². The van der Waals surface area contributed by atoms with Gasteiger partial charge in [0.2, 0.25) is 0 Å². The summed E-state index contributed by atoms with van der Waals surface area (Å²) in [6.07, 6.45) is 7.17. The molecule has 10 heteroatoms. The maximum Gasteiger partial charge on any atom is 0.255 e. The Morgan fingerprint density at radius 2 is 1.86 bits per heavy atom. The standard InChI is InChI=1S/C34H36FN5O3Si/c1-21-26-7-3-2-6-22(26)10-15-40(21)32(41)23-16-30(37-12-4-5-13-37)31-36-29(20-39(31)18-23)27-9-8-24(17-28(27)35)38-14-11-25(19-38)44-34-33(42)43-34/h2-3,6-9,16-18,20-21,25,33-34,42H,4-5,10-15,19H2,1H3/t21-,25?,33?,34?/m1/s1. The van der Waals surface area contributed by atoms with Gasteiger partial charge in [-0.3, -0.25) is 4.79 Å². The second kappa shape index (κ2) is 11.0. The van der Waals surface area contributed by atoms with E-state index < -0.39 is 6.29 Å². The average molecular weight is 610 g/mol. The normalized spacial score (nSPS) is 24.8. The third kappa shape index (κ3) is 4.98. The Morgan fingerprint density at radius 1 is 1.05 bits per heavy atom. The number of halogens is 1. The smallest absolute Gasteiger partial charge is 0.255 e. The number of aromatic nitrogens is 2. The van der Waals surface area contributed by atoms with E-state index in [4.69, 9.17) is 9.72 Å². The molecule has 1 N–H and O–H groups in total. The fourth-order valence-corrected chi connectivity index (χ4v) is 8.70. The molecule has 2 radical (unpaired) electrons. The van der Waals surface area contributed by atoms with Crippen molar-refractivity contribution in [2.45, 2.75) is 56.2 Å². The monoisotopic (exact) mass is 609 g/mol. The zero-order chi connectivity index (χ0) is 29.9. The summed E-state index contributed by atoms with van der Waals surface area (Å²) in [4.78, 5) is 25.4. The molecule has 226 valence electrons. The summed E-state index contributed by atoms with van der Waals surface area (Å²) in [7, 11) is 0.569. The molecule has 3 unspecified atom stereocenters. The molecule has 1 amide bonds. The lowest BCUT2D eigenvalue weighted by atomic mass is 9.93. The number of hydrogen-bond acceptors (Lipinski definition) is 6. The Balaban J connectivity index is 1.09. The highest BCUT2D eigenvalue weighted by Crippen LogP contribution is 2.36. The molecule has 8 nitrogen and oxygen atoms in total. The maximum absolute atomic E-state index is 15.7. The van der Waals surface area contributed by atoms with Gasteiger partial charge in [-0.05, 0) is 73.5 Å². The third-order valence-corrected chi connectivity index (χ3v) is 11.4. The number of benzene rings is 2. The van der Waals surface area contributed by atoms with E-state index in [0.29, 0.717) is 38.4 Å². The van der Waals surface area contributed by atoms with Gasteiger partial charge in [0, 0.05) is 56.4 Å². The first kappa shape index (κ1) is 27.8. The molecule has 4 aliphatic heterocycles. The van der Waals surface area contributed by atoms with E-state index in [1.165, 1.54) is 11.1 Å². The van der Waals surface area contributed by atoms with Gasteiger partial charge < -0.3 is 28.9 Å². The number of hydrogen-bond donors (Lipinski definition) is 1. The van der Waals surface area contributed by atoms with Gasteiger partial charge in [0.25, 0.3) is 5.91 Å². The van der Waals surface area contributed by atoms with Crippen LogP contribution in [-0.2, 0) is 11.2 Å². The number of amides is 1. The molecule has 0 saturated carbocycles. The first-order valence-electron chi connectivity index (χ1n) is 15.7. The van der Waals surface area contributed by atoms with Gasteiger partial charge in [0.05, 0.1) is 38.2 Å². The van der Waals surface area contributed by atoms with E-state index in [0.717, 1.165) is 68.9 Å². The summed E-state index contributed by atoms with van der Waals surface area (Å²) in [5, 5.41) is 9.51. The molecule has 4 atom stereocenters. The van der Waals surface area contributed by atoms with Gasteiger partial charge in [0.1, 0.15) is 5.82 Å². The number of pyridine rings is 1. The third-order valence-electron chi connectivity index (χ3n) is 9.73. The van der Waals surface area contributed by atoms with Crippen LogP contribution < -0.4 is 9.80 Å². The van der Waals surface area contributed by atoms with Crippen LogP contribution >= 0.6 is 0 Å². The molecule has 2 aromatic heterocycles. The predicted octanol–water partition coefficient (Wildman–Crippen LogP) is 4.88. The Labute approximate surface area is 258 Å². The number of aliphatic hydroxyl groups is 1. The molecule has 0 aliphatic carbocycles. The van der Waals surface area contributed by atoms with Crippen molar-refractivity contribution < 1.29 is 19.0 Å². The van der Waals surface area contributed by atoms with Crippen LogP contribution in [0, 0.1) is 5.82 Å². The zero-order valence-electron chi connectivity index (χ0n) is 24.8. The van der Waals surface area contributed by atoms with Crippen LogP contribution in [0.4, 0.5) is 15.8 Å². The van der Waals surface area contributed by atoms with Crippen molar-refractivity contribution in [2.75, 3.05) is 42.5 Å². The van der Waals surface area contributed by atoms with Gasteiger partial charge in [-0.25, -0.2) is 9.37 Å². The number of ether oxygens (including phenoxy) is 1. The topological polar surface area (TPSA) is 76.9 Å². The van der Waals surface area contributed by atoms with Gasteiger partial charge in [-0.2, -0.15) is 0 Å². The van der Waals surface area contributed by atoms with E-state index in [9.17, 15) is 9.90 Å². The number of anilines is 2. The van der Waals surface area contributed by atoms with Crippen LogP contribution in [0.2, 0.25) is 5.54 Å². The summed E-state index contributed by atoms with van der Waals surface area (Å²) in [6, 6.07) is 15.8. The second-order valence-electron chi connectivity index (χ2n) is 12.5.